The van der Waals surface area contributed by atoms with Crippen molar-refractivity contribution in [2.45, 2.75) is 39.2 Å². The molecule has 2 rings (SSSR count). The maximum absolute atomic E-state index is 6.21. The van der Waals surface area contributed by atoms with E-state index >= 15 is 0 Å². The molecule has 18 heavy (non-hydrogen) atoms. The second kappa shape index (κ2) is 6.34. The number of halogens is 1. The maximum atomic E-state index is 6.21. The molecule has 1 aromatic rings. The van der Waals surface area contributed by atoms with Crippen molar-refractivity contribution >= 4 is 17.4 Å². The number of ether oxygens (including phenoxy) is 1. The number of nitrogens with zero attached hydrogens (tertiary/aromatic N) is 3. The number of hydrogen-bond donors (Lipinski definition) is 0. The molecule has 0 radical (unpaired) electrons. The zero-order valence-electron chi connectivity index (χ0n) is 11.0. The van der Waals surface area contributed by atoms with Gasteiger partial charge in [0.15, 0.2) is 0 Å². The molecule has 1 aliphatic rings. The molecule has 0 bridgehead atoms. The van der Waals surface area contributed by atoms with E-state index in [0.717, 1.165) is 50.4 Å². The second-order valence-electron chi connectivity index (χ2n) is 4.55. The van der Waals surface area contributed by atoms with Crippen molar-refractivity contribution < 1.29 is 4.74 Å². The van der Waals surface area contributed by atoms with Gasteiger partial charge in [0, 0.05) is 12.1 Å². The molecule has 0 amide bonds. The van der Waals surface area contributed by atoms with Gasteiger partial charge in [0.25, 0.3) is 0 Å². The van der Waals surface area contributed by atoms with Gasteiger partial charge in [0.1, 0.15) is 17.3 Å². The fraction of sp³-hybridized carbons (Fsp3) is 0.692. The van der Waals surface area contributed by atoms with Gasteiger partial charge in [0.2, 0.25) is 0 Å². The molecule has 4 nitrogen and oxygen atoms in total. The van der Waals surface area contributed by atoms with Crippen LogP contribution >= 0.6 is 11.6 Å². The number of hydrogen-bond acceptors (Lipinski definition) is 4. The number of aromatic nitrogens is 2. The molecule has 5 heteroatoms. The molecule has 1 fully saturated rings. The predicted molar refractivity (Wildman–Crippen MR) is 73.3 cm³/mol. The van der Waals surface area contributed by atoms with E-state index in [4.69, 9.17) is 16.3 Å². The Labute approximate surface area is 113 Å². The van der Waals surface area contributed by atoms with Crippen LogP contribution in [0.3, 0.4) is 0 Å². The van der Waals surface area contributed by atoms with Gasteiger partial charge in [-0.05, 0) is 12.8 Å². The van der Waals surface area contributed by atoms with Gasteiger partial charge in [-0.3, -0.25) is 0 Å². The summed E-state index contributed by atoms with van der Waals surface area (Å²) >= 11 is 6.21. The van der Waals surface area contributed by atoms with Crippen LogP contribution < -0.4 is 4.90 Å². The molecule has 1 unspecified atom stereocenters. The molecule has 1 atom stereocenters. The fourth-order valence-electron chi connectivity index (χ4n) is 2.37. The first-order chi connectivity index (χ1) is 8.77. The van der Waals surface area contributed by atoms with E-state index in [1.165, 1.54) is 0 Å². The van der Waals surface area contributed by atoms with Gasteiger partial charge in [-0.2, -0.15) is 0 Å². The zero-order chi connectivity index (χ0) is 13.0. The smallest absolute Gasteiger partial charge is 0.137 e. The topological polar surface area (TPSA) is 38.2 Å². The highest BCUT2D eigenvalue weighted by Crippen LogP contribution is 2.28. The Kier molecular flexibility index (Phi) is 4.78. The first kappa shape index (κ1) is 13.6. The summed E-state index contributed by atoms with van der Waals surface area (Å²) in [5.41, 5.74) is 1.07. The van der Waals surface area contributed by atoms with Crippen LogP contribution in [-0.4, -0.2) is 35.8 Å². The summed E-state index contributed by atoms with van der Waals surface area (Å²) < 4.78 is 5.54. The summed E-state index contributed by atoms with van der Waals surface area (Å²) in [6.45, 7) is 6.72. The first-order valence-corrected chi connectivity index (χ1v) is 6.99. The lowest BCUT2D eigenvalue weighted by Gasteiger charge is -2.37. The van der Waals surface area contributed by atoms with Crippen LogP contribution in [0.25, 0.3) is 0 Å². The van der Waals surface area contributed by atoms with Crippen LogP contribution in [0.15, 0.2) is 6.33 Å². The van der Waals surface area contributed by atoms with Crippen LogP contribution in [0.5, 0.6) is 0 Å². The van der Waals surface area contributed by atoms with Gasteiger partial charge >= 0.3 is 0 Å². The van der Waals surface area contributed by atoms with Crippen molar-refractivity contribution in [3.63, 3.8) is 0 Å². The van der Waals surface area contributed by atoms with Crippen LogP contribution in [0.1, 0.15) is 32.3 Å². The molecule has 0 saturated carbocycles. The Morgan fingerprint density at radius 1 is 1.44 bits per heavy atom. The van der Waals surface area contributed by atoms with Crippen molar-refractivity contribution in [2.24, 2.45) is 0 Å². The highest BCUT2D eigenvalue weighted by atomic mass is 35.5. The maximum Gasteiger partial charge on any atom is 0.137 e. The van der Waals surface area contributed by atoms with Crippen molar-refractivity contribution in [3.8, 4) is 0 Å². The minimum absolute atomic E-state index is 0.389. The van der Waals surface area contributed by atoms with Crippen molar-refractivity contribution in [3.05, 3.63) is 17.0 Å². The monoisotopic (exact) mass is 269 g/mol. The van der Waals surface area contributed by atoms with Crippen LogP contribution in [0.2, 0.25) is 5.15 Å². The number of morpholine rings is 1. The number of rotatable bonds is 4. The lowest BCUT2D eigenvalue weighted by Crippen LogP contribution is -2.46. The average Bonchev–Trinajstić information content (AvgIpc) is 2.41. The SMILES string of the molecule is CCCc1c(Cl)ncnc1N1CCOCC1CC. The van der Waals surface area contributed by atoms with E-state index in [1.807, 2.05) is 0 Å². The van der Waals surface area contributed by atoms with Gasteiger partial charge < -0.3 is 9.64 Å². The standard InChI is InChI=1S/C13H20ClN3O/c1-3-5-11-12(14)15-9-16-13(11)17-6-7-18-8-10(17)4-2/h9-10H,3-8H2,1-2H3. The van der Waals surface area contributed by atoms with E-state index in [1.54, 1.807) is 6.33 Å². The third-order valence-corrected chi connectivity index (χ3v) is 3.67. The Morgan fingerprint density at radius 3 is 3.00 bits per heavy atom. The van der Waals surface area contributed by atoms with E-state index in [-0.39, 0.29) is 0 Å². The fourth-order valence-corrected chi connectivity index (χ4v) is 2.59. The molecule has 2 heterocycles. The highest BCUT2D eigenvalue weighted by Gasteiger charge is 2.25. The minimum atomic E-state index is 0.389. The Morgan fingerprint density at radius 2 is 2.28 bits per heavy atom. The second-order valence-corrected chi connectivity index (χ2v) is 4.91. The molecule has 0 N–H and O–H groups in total. The molecule has 1 saturated heterocycles. The quantitative estimate of drug-likeness (QED) is 0.788. The van der Waals surface area contributed by atoms with E-state index in [0.29, 0.717) is 11.2 Å². The third kappa shape index (κ3) is 2.75. The highest BCUT2D eigenvalue weighted by molar-refractivity contribution is 6.30. The van der Waals surface area contributed by atoms with Gasteiger partial charge in [0.05, 0.1) is 19.3 Å². The Bertz CT molecular complexity index is 400. The first-order valence-electron chi connectivity index (χ1n) is 6.61. The minimum Gasteiger partial charge on any atom is -0.377 e. The summed E-state index contributed by atoms with van der Waals surface area (Å²) in [5, 5.41) is 0.586. The summed E-state index contributed by atoms with van der Waals surface area (Å²) in [6.07, 6.45) is 4.57. The van der Waals surface area contributed by atoms with Crippen LogP contribution in [0.4, 0.5) is 5.82 Å². The molecule has 1 aromatic heterocycles. The van der Waals surface area contributed by atoms with Crippen LogP contribution in [0, 0.1) is 0 Å². The van der Waals surface area contributed by atoms with Crippen molar-refractivity contribution in [1.82, 2.24) is 9.97 Å². The van der Waals surface area contributed by atoms with Crippen molar-refractivity contribution in [2.75, 3.05) is 24.7 Å². The van der Waals surface area contributed by atoms with Gasteiger partial charge in [-0.1, -0.05) is 31.9 Å². The average molecular weight is 270 g/mol. The lowest BCUT2D eigenvalue weighted by molar-refractivity contribution is 0.0924. The normalized spacial score (nSPS) is 20.2. The molecule has 0 spiro atoms. The molecular weight excluding hydrogens is 250 g/mol. The molecule has 0 aromatic carbocycles. The van der Waals surface area contributed by atoms with Gasteiger partial charge in [-0.15, -0.1) is 0 Å². The van der Waals surface area contributed by atoms with E-state index in [9.17, 15) is 0 Å². The number of anilines is 1. The summed E-state index contributed by atoms with van der Waals surface area (Å²) in [5.74, 6) is 0.993. The Hall–Kier alpha value is -0.870. The van der Waals surface area contributed by atoms with E-state index < -0.39 is 0 Å². The van der Waals surface area contributed by atoms with Crippen LogP contribution in [-0.2, 0) is 11.2 Å². The summed E-state index contributed by atoms with van der Waals surface area (Å²) in [4.78, 5) is 10.9. The molecule has 0 aliphatic carbocycles. The van der Waals surface area contributed by atoms with Gasteiger partial charge in [-0.25, -0.2) is 9.97 Å². The Balaban J connectivity index is 2.33. The predicted octanol–water partition coefficient (Wildman–Crippen LogP) is 2.70. The summed E-state index contributed by atoms with van der Waals surface area (Å²) in [7, 11) is 0. The lowest BCUT2D eigenvalue weighted by atomic mass is 10.1. The molecule has 1 aliphatic heterocycles. The zero-order valence-corrected chi connectivity index (χ0v) is 11.8. The largest absolute Gasteiger partial charge is 0.377 e. The van der Waals surface area contributed by atoms with E-state index in [2.05, 4.69) is 28.7 Å². The molecule has 100 valence electrons. The molecular formula is C13H20ClN3O. The summed E-state index contributed by atoms with van der Waals surface area (Å²) in [6, 6.07) is 0.389. The third-order valence-electron chi connectivity index (χ3n) is 3.34. The van der Waals surface area contributed by atoms with Crippen molar-refractivity contribution in [1.29, 1.82) is 0 Å².